The summed E-state index contributed by atoms with van der Waals surface area (Å²) in [6.07, 6.45) is 1.13. The highest BCUT2D eigenvalue weighted by molar-refractivity contribution is 5.67. The zero-order valence-corrected chi connectivity index (χ0v) is 14.0. The predicted molar refractivity (Wildman–Crippen MR) is 96.0 cm³/mol. The monoisotopic (exact) mass is 322 g/mol. The Morgan fingerprint density at radius 2 is 2.08 bits per heavy atom. The summed E-state index contributed by atoms with van der Waals surface area (Å²) in [5.41, 5.74) is 10.5. The van der Waals surface area contributed by atoms with Crippen molar-refractivity contribution in [1.82, 2.24) is 25.4 Å². The minimum atomic E-state index is 0.440. The zero-order chi connectivity index (χ0) is 16.5. The zero-order valence-electron chi connectivity index (χ0n) is 14.0. The van der Waals surface area contributed by atoms with Gasteiger partial charge in [0, 0.05) is 43.9 Å². The molecule has 1 aliphatic rings. The molecule has 4 rings (SSSR count). The second-order valence-electron chi connectivity index (χ2n) is 6.36. The molecule has 2 N–H and O–H groups in total. The molecule has 0 radical (unpaired) electrons. The van der Waals surface area contributed by atoms with Crippen molar-refractivity contribution in [2.75, 3.05) is 25.0 Å². The van der Waals surface area contributed by atoms with Gasteiger partial charge in [-0.3, -0.25) is 10.9 Å². The standard InChI is InChI=1S/C18H22N6/c1-13-10-17-20-16(14-6-4-3-5-7-14)11-18(24(17)22-13)23(2)12-15-8-9-19-21-15/h3-7,10-11,15,19,21H,8-9,12H2,1-2H3. The van der Waals surface area contributed by atoms with E-state index in [2.05, 4.69) is 46.1 Å². The number of hydrazine groups is 1. The number of likely N-dealkylation sites (N-methyl/N-ethyl adjacent to an activating group) is 1. The number of anilines is 1. The fourth-order valence-corrected chi connectivity index (χ4v) is 3.20. The van der Waals surface area contributed by atoms with E-state index in [0.717, 1.165) is 47.9 Å². The van der Waals surface area contributed by atoms with E-state index in [-0.39, 0.29) is 0 Å². The van der Waals surface area contributed by atoms with E-state index in [4.69, 9.17) is 4.98 Å². The number of fused-ring (bicyclic) bond motifs is 1. The Labute approximate surface area is 141 Å². The van der Waals surface area contributed by atoms with Crippen molar-refractivity contribution in [3.63, 3.8) is 0 Å². The second kappa shape index (κ2) is 6.22. The van der Waals surface area contributed by atoms with Gasteiger partial charge in [-0.1, -0.05) is 30.3 Å². The van der Waals surface area contributed by atoms with Crippen molar-refractivity contribution in [3.05, 3.63) is 48.2 Å². The molecule has 1 fully saturated rings. The molecule has 3 aromatic rings. The molecule has 1 aromatic carbocycles. The Morgan fingerprint density at radius 1 is 1.25 bits per heavy atom. The summed E-state index contributed by atoms with van der Waals surface area (Å²) in [6.45, 7) is 3.93. The van der Waals surface area contributed by atoms with Gasteiger partial charge >= 0.3 is 0 Å². The van der Waals surface area contributed by atoms with Crippen LogP contribution in [-0.4, -0.2) is 40.8 Å². The lowest BCUT2D eigenvalue weighted by Crippen LogP contribution is -2.39. The third-order valence-electron chi connectivity index (χ3n) is 4.41. The molecular weight excluding hydrogens is 300 g/mol. The van der Waals surface area contributed by atoms with Gasteiger partial charge in [0.25, 0.3) is 0 Å². The van der Waals surface area contributed by atoms with Crippen molar-refractivity contribution in [2.24, 2.45) is 0 Å². The fourth-order valence-electron chi connectivity index (χ4n) is 3.20. The lowest BCUT2D eigenvalue weighted by Gasteiger charge is -2.23. The third kappa shape index (κ3) is 2.86. The quantitative estimate of drug-likeness (QED) is 0.769. The summed E-state index contributed by atoms with van der Waals surface area (Å²) >= 11 is 0. The van der Waals surface area contributed by atoms with E-state index in [0.29, 0.717) is 6.04 Å². The average molecular weight is 322 g/mol. The smallest absolute Gasteiger partial charge is 0.158 e. The second-order valence-corrected chi connectivity index (χ2v) is 6.36. The highest BCUT2D eigenvalue weighted by Gasteiger charge is 2.19. The van der Waals surface area contributed by atoms with Gasteiger partial charge in [-0.2, -0.15) is 9.61 Å². The van der Waals surface area contributed by atoms with E-state index < -0.39 is 0 Å². The van der Waals surface area contributed by atoms with Crippen molar-refractivity contribution in [2.45, 2.75) is 19.4 Å². The Kier molecular flexibility index (Phi) is 3.92. The third-order valence-corrected chi connectivity index (χ3v) is 4.41. The number of hydrogen-bond donors (Lipinski definition) is 2. The maximum atomic E-state index is 4.79. The summed E-state index contributed by atoms with van der Waals surface area (Å²) in [5.74, 6) is 1.06. The van der Waals surface area contributed by atoms with Gasteiger partial charge in [-0.05, 0) is 13.3 Å². The van der Waals surface area contributed by atoms with Crippen molar-refractivity contribution in [3.8, 4) is 11.3 Å². The maximum Gasteiger partial charge on any atom is 0.158 e. The maximum absolute atomic E-state index is 4.79. The minimum Gasteiger partial charge on any atom is -0.358 e. The number of benzene rings is 1. The molecule has 3 heterocycles. The molecule has 6 heteroatoms. The van der Waals surface area contributed by atoms with E-state index >= 15 is 0 Å². The Balaban J connectivity index is 1.77. The van der Waals surface area contributed by atoms with Crippen LogP contribution in [0.2, 0.25) is 0 Å². The van der Waals surface area contributed by atoms with Crippen molar-refractivity contribution < 1.29 is 0 Å². The van der Waals surface area contributed by atoms with Gasteiger partial charge in [0.1, 0.15) is 5.82 Å². The van der Waals surface area contributed by atoms with Crippen LogP contribution < -0.4 is 15.8 Å². The molecule has 0 amide bonds. The van der Waals surface area contributed by atoms with Crippen molar-refractivity contribution in [1.29, 1.82) is 0 Å². The van der Waals surface area contributed by atoms with Crippen LogP contribution in [0.5, 0.6) is 0 Å². The number of nitrogens with one attached hydrogen (secondary N) is 2. The molecule has 124 valence electrons. The summed E-state index contributed by atoms with van der Waals surface area (Å²) < 4.78 is 1.93. The van der Waals surface area contributed by atoms with E-state index in [1.807, 2.05) is 35.7 Å². The van der Waals surface area contributed by atoms with Crippen LogP contribution in [0.3, 0.4) is 0 Å². The molecule has 1 saturated heterocycles. The van der Waals surface area contributed by atoms with Crippen LogP contribution in [0.4, 0.5) is 5.82 Å². The highest BCUT2D eigenvalue weighted by atomic mass is 15.4. The first kappa shape index (κ1) is 15.1. The van der Waals surface area contributed by atoms with Gasteiger partial charge in [0.2, 0.25) is 0 Å². The van der Waals surface area contributed by atoms with E-state index in [1.54, 1.807) is 0 Å². The van der Waals surface area contributed by atoms with Crippen LogP contribution in [0.1, 0.15) is 12.1 Å². The number of aryl methyl sites for hydroxylation is 1. The first-order valence-electron chi connectivity index (χ1n) is 8.33. The Morgan fingerprint density at radius 3 is 2.83 bits per heavy atom. The Bertz CT molecular complexity index is 835. The molecule has 0 saturated carbocycles. The van der Waals surface area contributed by atoms with Crippen LogP contribution in [0.25, 0.3) is 16.9 Å². The summed E-state index contributed by atoms with van der Waals surface area (Å²) in [4.78, 5) is 7.04. The molecular formula is C18H22N6. The molecule has 6 nitrogen and oxygen atoms in total. The average Bonchev–Trinajstić information content (AvgIpc) is 3.22. The summed E-state index contributed by atoms with van der Waals surface area (Å²) in [5, 5.41) is 4.62. The highest BCUT2D eigenvalue weighted by Crippen LogP contribution is 2.24. The molecule has 1 unspecified atom stereocenters. The molecule has 0 bridgehead atoms. The van der Waals surface area contributed by atoms with Crippen LogP contribution in [-0.2, 0) is 0 Å². The lowest BCUT2D eigenvalue weighted by atomic mass is 10.1. The van der Waals surface area contributed by atoms with Gasteiger partial charge in [-0.25, -0.2) is 4.98 Å². The lowest BCUT2D eigenvalue weighted by molar-refractivity contribution is 0.550. The van der Waals surface area contributed by atoms with Gasteiger partial charge in [-0.15, -0.1) is 0 Å². The molecule has 1 atom stereocenters. The topological polar surface area (TPSA) is 57.5 Å². The minimum absolute atomic E-state index is 0.440. The number of aromatic nitrogens is 3. The number of rotatable bonds is 4. The van der Waals surface area contributed by atoms with Crippen molar-refractivity contribution >= 4 is 11.5 Å². The molecule has 24 heavy (non-hydrogen) atoms. The van der Waals surface area contributed by atoms with Gasteiger partial charge in [0.05, 0.1) is 11.4 Å². The number of hydrogen-bond acceptors (Lipinski definition) is 5. The summed E-state index contributed by atoms with van der Waals surface area (Å²) in [7, 11) is 2.11. The fraction of sp³-hybridized carbons (Fsp3) is 0.333. The number of nitrogens with zero attached hydrogens (tertiary/aromatic N) is 4. The molecule has 1 aliphatic heterocycles. The molecule has 2 aromatic heterocycles. The van der Waals surface area contributed by atoms with Gasteiger partial charge in [0.15, 0.2) is 5.65 Å². The summed E-state index contributed by atoms with van der Waals surface area (Å²) in [6, 6.07) is 14.9. The van der Waals surface area contributed by atoms with Crippen LogP contribution in [0, 0.1) is 6.92 Å². The first-order chi connectivity index (χ1) is 11.7. The van der Waals surface area contributed by atoms with E-state index in [1.165, 1.54) is 0 Å². The normalized spacial score (nSPS) is 17.5. The predicted octanol–water partition coefficient (Wildman–Crippen LogP) is 2.01. The SMILES string of the molecule is Cc1cc2nc(-c3ccccc3)cc(N(C)CC3CCNN3)n2n1. The van der Waals surface area contributed by atoms with Crippen LogP contribution >= 0.6 is 0 Å². The molecule has 0 spiro atoms. The van der Waals surface area contributed by atoms with Crippen LogP contribution in [0.15, 0.2) is 42.5 Å². The van der Waals surface area contributed by atoms with Gasteiger partial charge < -0.3 is 4.90 Å². The Hall–Kier alpha value is -2.44. The first-order valence-corrected chi connectivity index (χ1v) is 8.33. The molecule has 0 aliphatic carbocycles. The van der Waals surface area contributed by atoms with E-state index in [9.17, 15) is 0 Å². The largest absolute Gasteiger partial charge is 0.358 e.